The van der Waals surface area contributed by atoms with Crippen LogP contribution in [0.4, 0.5) is 0 Å². The second-order valence-corrected chi connectivity index (χ2v) is 5.51. The second kappa shape index (κ2) is 3.84. The maximum absolute atomic E-state index is 6.32. The maximum Gasteiger partial charge on any atom is 0.0650 e. The molecule has 1 aromatic carbocycles. The van der Waals surface area contributed by atoms with Crippen LogP contribution in [0.3, 0.4) is 0 Å². The smallest absolute Gasteiger partial charge is 0.0650 e. The number of fused-ring (bicyclic) bond motifs is 1. The fourth-order valence-electron chi connectivity index (χ4n) is 2.31. The SMILES string of the molecule is NC1(Cc2csc3ccccc23)CCOC1. The number of thiophene rings is 1. The summed E-state index contributed by atoms with van der Waals surface area (Å²) in [6.45, 7) is 1.50. The van der Waals surface area contributed by atoms with Gasteiger partial charge < -0.3 is 10.5 Å². The Kier molecular flexibility index (Phi) is 2.46. The molecule has 84 valence electrons. The van der Waals surface area contributed by atoms with Crippen LogP contribution in [0, 0.1) is 0 Å². The predicted octanol–water partition coefficient (Wildman–Crippen LogP) is 2.56. The second-order valence-electron chi connectivity index (χ2n) is 4.60. The van der Waals surface area contributed by atoms with Gasteiger partial charge in [0.1, 0.15) is 0 Å². The number of benzene rings is 1. The van der Waals surface area contributed by atoms with Crippen LogP contribution in [-0.4, -0.2) is 18.8 Å². The van der Waals surface area contributed by atoms with E-state index >= 15 is 0 Å². The minimum absolute atomic E-state index is 0.149. The number of rotatable bonds is 2. The van der Waals surface area contributed by atoms with Gasteiger partial charge in [-0.1, -0.05) is 18.2 Å². The highest BCUT2D eigenvalue weighted by Gasteiger charge is 2.31. The van der Waals surface area contributed by atoms with Gasteiger partial charge in [0, 0.05) is 16.8 Å². The standard InChI is InChI=1S/C13H15NOS/c14-13(5-6-15-9-13)7-10-8-16-12-4-2-1-3-11(10)12/h1-4,8H,5-7,9,14H2. The van der Waals surface area contributed by atoms with Gasteiger partial charge in [-0.15, -0.1) is 11.3 Å². The third-order valence-corrected chi connectivity index (χ3v) is 4.25. The van der Waals surface area contributed by atoms with Gasteiger partial charge >= 0.3 is 0 Å². The van der Waals surface area contributed by atoms with E-state index in [4.69, 9.17) is 10.5 Å². The summed E-state index contributed by atoms with van der Waals surface area (Å²) in [5.74, 6) is 0. The predicted molar refractivity (Wildman–Crippen MR) is 67.9 cm³/mol. The molecule has 1 aliphatic heterocycles. The van der Waals surface area contributed by atoms with E-state index in [0.717, 1.165) is 19.4 Å². The average molecular weight is 233 g/mol. The fourth-order valence-corrected chi connectivity index (χ4v) is 3.27. The van der Waals surface area contributed by atoms with E-state index in [9.17, 15) is 0 Å². The first-order valence-electron chi connectivity index (χ1n) is 5.59. The van der Waals surface area contributed by atoms with Crippen LogP contribution in [0.2, 0.25) is 0 Å². The molecule has 0 saturated carbocycles. The quantitative estimate of drug-likeness (QED) is 0.865. The molecule has 0 spiro atoms. The zero-order valence-electron chi connectivity index (χ0n) is 9.11. The van der Waals surface area contributed by atoms with Crippen LogP contribution in [0.15, 0.2) is 29.6 Å². The normalized spacial score (nSPS) is 25.3. The molecular weight excluding hydrogens is 218 g/mol. The lowest BCUT2D eigenvalue weighted by Gasteiger charge is -2.21. The summed E-state index contributed by atoms with van der Waals surface area (Å²) in [4.78, 5) is 0. The Hall–Kier alpha value is -0.900. The minimum atomic E-state index is -0.149. The Labute approximate surface area is 99.0 Å². The highest BCUT2D eigenvalue weighted by molar-refractivity contribution is 7.17. The first-order valence-corrected chi connectivity index (χ1v) is 6.47. The summed E-state index contributed by atoms with van der Waals surface area (Å²) in [5.41, 5.74) is 7.54. The van der Waals surface area contributed by atoms with Crippen molar-refractivity contribution in [2.24, 2.45) is 5.73 Å². The van der Waals surface area contributed by atoms with Crippen molar-refractivity contribution >= 4 is 21.4 Å². The molecular formula is C13H15NOS. The Morgan fingerprint density at radius 3 is 3.06 bits per heavy atom. The lowest BCUT2D eigenvalue weighted by Crippen LogP contribution is -2.42. The summed E-state index contributed by atoms with van der Waals surface area (Å²) in [5, 5.41) is 3.58. The highest BCUT2D eigenvalue weighted by Crippen LogP contribution is 2.30. The first kappa shape index (κ1) is 10.3. The Morgan fingerprint density at radius 2 is 2.25 bits per heavy atom. The molecule has 2 heterocycles. The molecule has 16 heavy (non-hydrogen) atoms. The van der Waals surface area contributed by atoms with E-state index in [1.807, 2.05) is 0 Å². The number of ether oxygens (including phenoxy) is 1. The van der Waals surface area contributed by atoms with Crippen molar-refractivity contribution in [3.63, 3.8) is 0 Å². The van der Waals surface area contributed by atoms with E-state index in [1.165, 1.54) is 15.6 Å². The van der Waals surface area contributed by atoms with Gasteiger partial charge in [0.2, 0.25) is 0 Å². The summed E-state index contributed by atoms with van der Waals surface area (Å²) in [7, 11) is 0. The van der Waals surface area contributed by atoms with E-state index in [-0.39, 0.29) is 5.54 Å². The van der Waals surface area contributed by atoms with Crippen molar-refractivity contribution in [1.82, 2.24) is 0 Å². The largest absolute Gasteiger partial charge is 0.379 e. The van der Waals surface area contributed by atoms with Crippen LogP contribution in [0.1, 0.15) is 12.0 Å². The molecule has 1 fully saturated rings. The molecule has 0 aliphatic carbocycles. The molecule has 0 radical (unpaired) electrons. The third-order valence-electron chi connectivity index (χ3n) is 3.24. The zero-order chi connectivity index (χ0) is 11.0. The van der Waals surface area contributed by atoms with Gasteiger partial charge in [-0.25, -0.2) is 0 Å². The van der Waals surface area contributed by atoms with Crippen LogP contribution >= 0.6 is 11.3 Å². The summed E-state index contributed by atoms with van der Waals surface area (Å²) >= 11 is 1.80. The lowest BCUT2D eigenvalue weighted by molar-refractivity contribution is 0.178. The molecule has 3 rings (SSSR count). The molecule has 1 unspecified atom stereocenters. The van der Waals surface area contributed by atoms with Crippen LogP contribution in [0.5, 0.6) is 0 Å². The number of nitrogens with two attached hydrogens (primary N) is 1. The average Bonchev–Trinajstić information content (AvgIpc) is 2.87. The van der Waals surface area contributed by atoms with Gasteiger partial charge in [-0.2, -0.15) is 0 Å². The van der Waals surface area contributed by atoms with Gasteiger partial charge in [0.15, 0.2) is 0 Å². The van der Waals surface area contributed by atoms with Crippen molar-refractivity contribution in [3.8, 4) is 0 Å². The zero-order valence-corrected chi connectivity index (χ0v) is 9.93. The summed E-state index contributed by atoms with van der Waals surface area (Å²) in [6, 6.07) is 8.52. The molecule has 1 aromatic heterocycles. The van der Waals surface area contributed by atoms with E-state index in [1.54, 1.807) is 11.3 Å². The van der Waals surface area contributed by atoms with E-state index < -0.39 is 0 Å². The van der Waals surface area contributed by atoms with Gasteiger partial charge in [0.25, 0.3) is 0 Å². The third kappa shape index (κ3) is 1.75. The van der Waals surface area contributed by atoms with Crippen LogP contribution in [0.25, 0.3) is 10.1 Å². The topological polar surface area (TPSA) is 35.2 Å². The monoisotopic (exact) mass is 233 g/mol. The Balaban J connectivity index is 1.94. The molecule has 3 heteroatoms. The van der Waals surface area contributed by atoms with Crippen molar-refractivity contribution < 1.29 is 4.74 Å². The molecule has 1 atom stereocenters. The summed E-state index contributed by atoms with van der Waals surface area (Å²) in [6.07, 6.45) is 1.90. The van der Waals surface area contributed by atoms with Gasteiger partial charge in [-0.3, -0.25) is 0 Å². The van der Waals surface area contributed by atoms with E-state index in [2.05, 4.69) is 29.6 Å². The molecule has 1 aliphatic rings. The molecule has 2 N–H and O–H groups in total. The highest BCUT2D eigenvalue weighted by atomic mass is 32.1. The summed E-state index contributed by atoms with van der Waals surface area (Å²) < 4.78 is 6.75. The first-order chi connectivity index (χ1) is 7.77. The maximum atomic E-state index is 6.32. The molecule has 0 amide bonds. The Bertz CT molecular complexity index is 499. The Morgan fingerprint density at radius 1 is 1.38 bits per heavy atom. The molecule has 0 bridgehead atoms. The van der Waals surface area contributed by atoms with Crippen LogP contribution in [-0.2, 0) is 11.2 Å². The lowest BCUT2D eigenvalue weighted by atomic mass is 9.91. The fraction of sp³-hybridized carbons (Fsp3) is 0.385. The minimum Gasteiger partial charge on any atom is -0.379 e. The van der Waals surface area contributed by atoms with Gasteiger partial charge in [0.05, 0.1) is 6.61 Å². The van der Waals surface area contributed by atoms with Gasteiger partial charge in [-0.05, 0) is 35.2 Å². The number of hydrogen-bond donors (Lipinski definition) is 1. The molecule has 2 nitrogen and oxygen atoms in total. The van der Waals surface area contributed by atoms with Crippen molar-refractivity contribution in [1.29, 1.82) is 0 Å². The molecule has 2 aromatic rings. The number of hydrogen-bond acceptors (Lipinski definition) is 3. The van der Waals surface area contributed by atoms with Crippen molar-refractivity contribution in [2.45, 2.75) is 18.4 Å². The van der Waals surface area contributed by atoms with Crippen molar-refractivity contribution in [2.75, 3.05) is 13.2 Å². The molecule has 1 saturated heterocycles. The van der Waals surface area contributed by atoms with Crippen molar-refractivity contribution in [3.05, 3.63) is 35.2 Å². The van der Waals surface area contributed by atoms with E-state index in [0.29, 0.717) is 6.61 Å². The van der Waals surface area contributed by atoms with Crippen LogP contribution < -0.4 is 5.73 Å².